The number of carbonyl (C=O) groups is 1. The van der Waals surface area contributed by atoms with Gasteiger partial charge in [-0.3, -0.25) is 14.7 Å². The van der Waals surface area contributed by atoms with Gasteiger partial charge >= 0.3 is 0 Å². The summed E-state index contributed by atoms with van der Waals surface area (Å²) in [5, 5.41) is 3.28. The van der Waals surface area contributed by atoms with Crippen molar-refractivity contribution in [3.63, 3.8) is 0 Å². The molecule has 1 saturated carbocycles. The van der Waals surface area contributed by atoms with Crippen LogP contribution in [-0.4, -0.2) is 35.4 Å². The summed E-state index contributed by atoms with van der Waals surface area (Å²) in [7, 11) is 0. The Balaban J connectivity index is 1.11. The van der Waals surface area contributed by atoms with Gasteiger partial charge in [0.05, 0.1) is 5.69 Å². The van der Waals surface area contributed by atoms with Crippen LogP contribution in [0.5, 0.6) is 0 Å². The van der Waals surface area contributed by atoms with Gasteiger partial charge in [0.15, 0.2) is 0 Å². The van der Waals surface area contributed by atoms with Crippen molar-refractivity contribution < 1.29 is 4.79 Å². The van der Waals surface area contributed by atoms with Gasteiger partial charge in [-0.05, 0) is 74.4 Å². The maximum atomic E-state index is 13.0. The standard InChI is InChI=1S/C30H35N3O/c1-23-9-8-14-26(32-23)22-33-19-16-30(17-20-33)21-28(30)29(34)31-18-15-27(24-10-4-2-5-11-24)25-12-6-3-7-13-25/h2-14,27-28H,15-22H2,1H3,(H,31,34)/t28-/m1/s1. The van der Waals surface area contributed by atoms with Gasteiger partial charge < -0.3 is 5.32 Å². The lowest BCUT2D eigenvalue weighted by Crippen LogP contribution is -2.37. The molecule has 1 spiro atoms. The third-order valence-corrected chi connectivity index (χ3v) is 7.83. The van der Waals surface area contributed by atoms with Gasteiger partial charge in [0.1, 0.15) is 0 Å². The molecular weight excluding hydrogens is 418 g/mol. The van der Waals surface area contributed by atoms with Crippen molar-refractivity contribution in [1.29, 1.82) is 0 Å². The van der Waals surface area contributed by atoms with Crippen molar-refractivity contribution in [2.24, 2.45) is 11.3 Å². The van der Waals surface area contributed by atoms with E-state index in [4.69, 9.17) is 0 Å². The number of likely N-dealkylation sites (tertiary alicyclic amines) is 1. The van der Waals surface area contributed by atoms with Gasteiger partial charge in [0, 0.05) is 30.6 Å². The maximum Gasteiger partial charge on any atom is 0.223 e. The zero-order valence-electron chi connectivity index (χ0n) is 20.1. The number of benzene rings is 2. The molecule has 2 aliphatic rings. The van der Waals surface area contributed by atoms with Gasteiger partial charge in [0.25, 0.3) is 0 Å². The molecule has 3 aromatic rings. The number of carbonyl (C=O) groups excluding carboxylic acids is 1. The van der Waals surface area contributed by atoms with Crippen LogP contribution in [0.4, 0.5) is 0 Å². The van der Waals surface area contributed by atoms with Crippen LogP contribution < -0.4 is 5.32 Å². The Morgan fingerprint density at radius 3 is 2.24 bits per heavy atom. The van der Waals surface area contributed by atoms with Gasteiger partial charge in [-0.15, -0.1) is 0 Å². The number of hydrogen-bond donors (Lipinski definition) is 1. The molecule has 1 N–H and O–H groups in total. The molecule has 176 valence electrons. The minimum Gasteiger partial charge on any atom is -0.356 e. The van der Waals surface area contributed by atoms with Gasteiger partial charge in [-0.25, -0.2) is 0 Å². The number of nitrogens with one attached hydrogen (secondary N) is 1. The number of aromatic nitrogens is 1. The minimum absolute atomic E-state index is 0.193. The summed E-state index contributed by atoms with van der Waals surface area (Å²) in [5.41, 5.74) is 5.07. The van der Waals surface area contributed by atoms with Crippen LogP contribution in [-0.2, 0) is 11.3 Å². The molecule has 4 nitrogen and oxygen atoms in total. The van der Waals surface area contributed by atoms with Crippen LogP contribution in [0.15, 0.2) is 78.9 Å². The summed E-state index contributed by atoms with van der Waals surface area (Å²) >= 11 is 0. The molecule has 2 aromatic carbocycles. The highest BCUT2D eigenvalue weighted by Gasteiger charge is 2.58. The Labute approximate surface area is 203 Å². The van der Waals surface area contributed by atoms with E-state index in [1.54, 1.807) is 0 Å². The van der Waals surface area contributed by atoms with Crippen molar-refractivity contribution in [3.8, 4) is 0 Å². The smallest absolute Gasteiger partial charge is 0.223 e. The van der Waals surface area contributed by atoms with Crippen molar-refractivity contribution in [3.05, 3.63) is 101 Å². The first-order valence-corrected chi connectivity index (χ1v) is 12.7. The molecule has 1 amide bonds. The highest BCUT2D eigenvalue weighted by molar-refractivity contribution is 5.82. The second-order valence-corrected chi connectivity index (χ2v) is 10.1. The van der Waals surface area contributed by atoms with Crippen molar-refractivity contribution in [1.82, 2.24) is 15.2 Å². The first-order valence-electron chi connectivity index (χ1n) is 12.7. The second-order valence-electron chi connectivity index (χ2n) is 10.1. The number of piperidine rings is 1. The first kappa shape index (κ1) is 22.8. The van der Waals surface area contributed by atoms with Crippen LogP contribution >= 0.6 is 0 Å². The summed E-state index contributed by atoms with van der Waals surface area (Å²) in [6, 6.07) is 27.5. The number of rotatable bonds is 8. The lowest BCUT2D eigenvalue weighted by molar-refractivity contribution is -0.123. The molecule has 1 aliphatic heterocycles. The fraction of sp³-hybridized carbons (Fsp3) is 0.400. The monoisotopic (exact) mass is 453 g/mol. The molecule has 4 heteroatoms. The van der Waals surface area contributed by atoms with Gasteiger partial charge in [-0.2, -0.15) is 0 Å². The average molecular weight is 454 g/mol. The van der Waals surface area contributed by atoms with Crippen molar-refractivity contribution >= 4 is 5.91 Å². The Kier molecular flexibility index (Phi) is 6.77. The number of aryl methyl sites for hydroxylation is 1. The molecule has 34 heavy (non-hydrogen) atoms. The number of hydrogen-bond acceptors (Lipinski definition) is 3. The first-order chi connectivity index (χ1) is 16.6. The molecule has 2 heterocycles. The van der Waals surface area contributed by atoms with Crippen LogP contribution in [0, 0.1) is 18.3 Å². The predicted octanol–water partition coefficient (Wildman–Crippen LogP) is 5.33. The lowest BCUT2D eigenvalue weighted by Gasteiger charge is -2.32. The number of pyridine rings is 1. The predicted molar refractivity (Wildman–Crippen MR) is 136 cm³/mol. The summed E-state index contributed by atoms with van der Waals surface area (Å²) in [6.45, 7) is 5.79. The van der Waals surface area contributed by atoms with Gasteiger partial charge in [0.2, 0.25) is 5.91 Å². The van der Waals surface area contributed by atoms with E-state index in [2.05, 4.69) is 88.0 Å². The molecule has 1 aromatic heterocycles. The van der Waals surface area contributed by atoms with Crippen molar-refractivity contribution in [2.45, 2.75) is 45.1 Å². The molecule has 0 radical (unpaired) electrons. The van der Waals surface area contributed by atoms with Crippen LogP contribution in [0.3, 0.4) is 0 Å². The summed E-state index contributed by atoms with van der Waals surface area (Å²) in [6.07, 6.45) is 4.20. The molecule has 1 atom stereocenters. The maximum absolute atomic E-state index is 13.0. The van der Waals surface area contributed by atoms with Crippen LogP contribution in [0.25, 0.3) is 0 Å². The van der Waals surface area contributed by atoms with Crippen LogP contribution in [0.1, 0.15) is 54.1 Å². The van der Waals surface area contributed by atoms with Crippen molar-refractivity contribution in [2.75, 3.05) is 19.6 Å². The van der Waals surface area contributed by atoms with E-state index in [0.29, 0.717) is 12.5 Å². The Morgan fingerprint density at radius 1 is 0.971 bits per heavy atom. The Bertz CT molecular complexity index is 1050. The Morgan fingerprint density at radius 2 is 1.62 bits per heavy atom. The lowest BCUT2D eigenvalue weighted by atomic mass is 9.88. The van der Waals surface area contributed by atoms with E-state index in [0.717, 1.165) is 56.7 Å². The molecule has 0 unspecified atom stereocenters. The van der Waals surface area contributed by atoms with E-state index in [9.17, 15) is 4.79 Å². The van der Waals surface area contributed by atoms with E-state index < -0.39 is 0 Å². The summed E-state index contributed by atoms with van der Waals surface area (Å²) in [4.78, 5) is 20.1. The SMILES string of the molecule is Cc1cccc(CN2CCC3(CC2)C[C@@H]3C(=O)NCCC(c2ccccc2)c2ccccc2)n1. The zero-order chi connectivity index (χ0) is 23.4. The fourth-order valence-electron chi connectivity index (χ4n) is 5.70. The largest absolute Gasteiger partial charge is 0.356 e. The topological polar surface area (TPSA) is 45.2 Å². The Hall–Kier alpha value is -2.98. The molecular formula is C30H35N3O. The molecule has 1 aliphatic carbocycles. The highest BCUT2D eigenvalue weighted by Crippen LogP contribution is 2.59. The van der Waals surface area contributed by atoms with E-state index in [1.165, 1.54) is 11.1 Å². The molecule has 1 saturated heterocycles. The normalized spacial score (nSPS) is 19.3. The summed E-state index contributed by atoms with van der Waals surface area (Å²) in [5.74, 6) is 0.752. The highest BCUT2D eigenvalue weighted by atomic mass is 16.2. The zero-order valence-corrected chi connectivity index (χ0v) is 20.1. The number of amides is 1. The minimum atomic E-state index is 0.193. The van der Waals surface area contributed by atoms with Crippen LogP contribution in [0.2, 0.25) is 0 Å². The van der Waals surface area contributed by atoms with E-state index in [-0.39, 0.29) is 17.2 Å². The third-order valence-electron chi connectivity index (χ3n) is 7.83. The number of nitrogens with zero attached hydrogens (tertiary/aromatic N) is 2. The molecule has 2 fully saturated rings. The second kappa shape index (κ2) is 10.1. The molecule has 0 bridgehead atoms. The van der Waals surface area contributed by atoms with E-state index in [1.807, 2.05) is 13.0 Å². The van der Waals surface area contributed by atoms with Gasteiger partial charge in [-0.1, -0.05) is 66.7 Å². The van der Waals surface area contributed by atoms with E-state index >= 15 is 0 Å². The summed E-state index contributed by atoms with van der Waals surface area (Å²) < 4.78 is 0. The quantitative estimate of drug-likeness (QED) is 0.501. The molecule has 5 rings (SSSR count). The fourth-order valence-corrected chi connectivity index (χ4v) is 5.70. The average Bonchev–Trinajstić information content (AvgIpc) is 3.58. The third kappa shape index (κ3) is 5.23.